The number of para-hydroxylation sites is 2. The molecule has 1 heterocycles. The van der Waals surface area contributed by atoms with Crippen molar-refractivity contribution in [3.05, 3.63) is 75.7 Å². The molecule has 4 rings (SSSR count). The van der Waals surface area contributed by atoms with Gasteiger partial charge >= 0.3 is 6.03 Å². The highest BCUT2D eigenvalue weighted by molar-refractivity contribution is 7.89. The maximum Gasteiger partial charge on any atom is 0.331 e. The standard InChI is InChI=1S/C25H25Cl3N4O5S/c26-17-5-1-3-7-20(17)30-25(34)32(21-8-4-2-6-18(21)27)22-10-9-19(28)24(23(22)33)38(35,36)29-11-12-31-13-15-37-16-14-31/h1-10,29,33H,11-16H2,(H,30,34). The third-order valence-electron chi connectivity index (χ3n) is 5.81. The van der Waals surface area contributed by atoms with Crippen LogP contribution in [0.25, 0.3) is 0 Å². The fourth-order valence-electron chi connectivity index (χ4n) is 3.92. The average Bonchev–Trinajstić information content (AvgIpc) is 2.88. The molecular weight excluding hydrogens is 575 g/mol. The van der Waals surface area contributed by atoms with Crippen molar-refractivity contribution in [1.82, 2.24) is 9.62 Å². The Morgan fingerprint density at radius 1 is 0.921 bits per heavy atom. The summed E-state index contributed by atoms with van der Waals surface area (Å²) in [5, 5.41) is 14.2. The zero-order valence-corrected chi connectivity index (χ0v) is 23.1. The van der Waals surface area contributed by atoms with E-state index in [-0.39, 0.29) is 33.0 Å². The van der Waals surface area contributed by atoms with Crippen LogP contribution in [0.2, 0.25) is 15.1 Å². The predicted octanol–water partition coefficient (Wildman–Crippen LogP) is 5.33. The first kappa shape index (κ1) is 28.4. The molecule has 2 amide bonds. The fraction of sp³-hybridized carbons (Fsp3) is 0.240. The first-order chi connectivity index (χ1) is 18.2. The van der Waals surface area contributed by atoms with Gasteiger partial charge in [-0.15, -0.1) is 0 Å². The molecule has 0 saturated carbocycles. The number of hydrogen-bond acceptors (Lipinski definition) is 6. The molecule has 3 aromatic rings. The quantitative estimate of drug-likeness (QED) is 0.323. The molecule has 0 bridgehead atoms. The number of benzene rings is 3. The van der Waals surface area contributed by atoms with Crippen LogP contribution in [0.4, 0.5) is 21.9 Å². The van der Waals surface area contributed by atoms with Crippen LogP contribution in [0, 0.1) is 0 Å². The van der Waals surface area contributed by atoms with Gasteiger partial charge in [0.25, 0.3) is 0 Å². The van der Waals surface area contributed by atoms with Crippen molar-refractivity contribution in [2.75, 3.05) is 49.6 Å². The molecule has 1 saturated heterocycles. The maximum absolute atomic E-state index is 13.5. The minimum atomic E-state index is -4.26. The minimum Gasteiger partial charge on any atom is -0.504 e. The number of urea groups is 1. The molecule has 0 aliphatic carbocycles. The van der Waals surface area contributed by atoms with Crippen LogP contribution in [0.3, 0.4) is 0 Å². The smallest absolute Gasteiger partial charge is 0.331 e. The Balaban J connectivity index is 1.69. The summed E-state index contributed by atoms with van der Waals surface area (Å²) >= 11 is 18.9. The van der Waals surface area contributed by atoms with E-state index in [2.05, 4.69) is 14.9 Å². The van der Waals surface area contributed by atoms with Crippen molar-refractivity contribution in [2.45, 2.75) is 4.90 Å². The molecule has 13 heteroatoms. The summed E-state index contributed by atoms with van der Waals surface area (Å²) in [5.41, 5.74) is 0.350. The maximum atomic E-state index is 13.5. The number of phenolic OH excluding ortho intramolecular Hbond substituents is 1. The summed E-state index contributed by atoms with van der Waals surface area (Å²) < 4.78 is 34.3. The van der Waals surface area contributed by atoms with Gasteiger partial charge in [0.1, 0.15) is 4.90 Å². The zero-order chi connectivity index (χ0) is 27.3. The first-order valence-corrected chi connectivity index (χ1v) is 14.2. The van der Waals surface area contributed by atoms with Crippen LogP contribution < -0.4 is 14.9 Å². The highest BCUT2D eigenvalue weighted by atomic mass is 35.5. The second-order valence-corrected chi connectivity index (χ2v) is 11.2. The van der Waals surface area contributed by atoms with E-state index in [0.717, 1.165) is 4.90 Å². The SMILES string of the molecule is O=C(Nc1ccccc1Cl)N(c1ccccc1Cl)c1ccc(Cl)c(S(=O)(=O)NCCN2CCOCC2)c1O. The molecule has 0 spiro atoms. The summed E-state index contributed by atoms with van der Waals surface area (Å²) in [7, 11) is -4.26. The lowest BCUT2D eigenvalue weighted by molar-refractivity contribution is 0.0390. The molecule has 3 aromatic carbocycles. The number of ether oxygens (including phenoxy) is 1. The van der Waals surface area contributed by atoms with E-state index < -0.39 is 26.7 Å². The number of carbonyl (C=O) groups excluding carboxylic acids is 1. The number of hydrogen-bond donors (Lipinski definition) is 3. The van der Waals surface area contributed by atoms with Crippen molar-refractivity contribution in [3.63, 3.8) is 0 Å². The lowest BCUT2D eigenvalue weighted by Crippen LogP contribution is -2.41. The molecule has 1 fully saturated rings. The van der Waals surface area contributed by atoms with Gasteiger partial charge < -0.3 is 15.2 Å². The number of anilines is 3. The summed E-state index contributed by atoms with van der Waals surface area (Å²) in [6.07, 6.45) is 0. The molecule has 1 aliphatic rings. The van der Waals surface area contributed by atoms with E-state index in [0.29, 0.717) is 38.5 Å². The number of carbonyl (C=O) groups is 1. The molecule has 0 unspecified atom stereocenters. The molecule has 0 radical (unpaired) electrons. The van der Waals surface area contributed by atoms with Crippen LogP contribution >= 0.6 is 34.8 Å². The number of nitrogens with one attached hydrogen (secondary N) is 2. The van der Waals surface area contributed by atoms with E-state index in [4.69, 9.17) is 39.5 Å². The van der Waals surface area contributed by atoms with E-state index >= 15 is 0 Å². The Hall–Kier alpha value is -2.57. The number of rotatable bonds is 8. The second-order valence-electron chi connectivity index (χ2n) is 8.29. The predicted molar refractivity (Wildman–Crippen MR) is 150 cm³/mol. The lowest BCUT2D eigenvalue weighted by atomic mass is 10.2. The van der Waals surface area contributed by atoms with Crippen molar-refractivity contribution in [1.29, 1.82) is 0 Å². The third kappa shape index (κ3) is 6.52. The molecule has 0 aromatic heterocycles. The zero-order valence-electron chi connectivity index (χ0n) is 20.0. The van der Waals surface area contributed by atoms with Gasteiger partial charge in [0, 0.05) is 26.2 Å². The fourth-order valence-corrected chi connectivity index (χ4v) is 5.97. The van der Waals surface area contributed by atoms with Gasteiger partial charge in [-0.3, -0.25) is 9.80 Å². The Labute approximate surface area is 235 Å². The second kappa shape index (κ2) is 12.5. The van der Waals surface area contributed by atoms with Crippen LogP contribution in [-0.4, -0.2) is 63.8 Å². The normalized spacial score (nSPS) is 14.3. The Morgan fingerprint density at radius 2 is 1.58 bits per heavy atom. The van der Waals surface area contributed by atoms with Crippen LogP contribution in [0.1, 0.15) is 0 Å². The van der Waals surface area contributed by atoms with E-state index in [9.17, 15) is 18.3 Å². The Kier molecular flexibility index (Phi) is 9.37. The summed E-state index contributed by atoms with van der Waals surface area (Å²) in [5.74, 6) is -0.717. The molecule has 38 heavy (non-hydrogen) atoms. The highest BCUT2D eigenvalue weighted by Crippen LogP contribution is 2.43. The van der Waals surface area contributed by atoms with Gasteiger partial charge in [-0.25, -0.2) is 17.9 Å². The number of aromatic hydroxyl groups is 1. The van der Waals surface area contributed by atoms with Crippen LogP contribution in [-0.2, 0) is 14.8 Å². The average molecular weight is 600 g/mol. The number of morpholine rings is 1. The van der Waals surface area contributed by atoms with Crippen molar-refractivity contribution in [2.24, 2.45) is 0 Å². The number of nitrogens with zero attached hydrogens (tertiary/aromatic N) is 2. The largest absolute Gasteiger partial charge is 0.504 e. The Morgan fingerprint density at radius 3 is 2.26 bits per heavy atom. The van der Waals surface area contributed by atoms with Crippen LogP contribution in [0.5, 0.6) is 5.75 Å². The number of halogens is 3. The topological polar surface area (TPSA) is 111 Å². The molecule has 202 valence electrons. The monoisotopic (exact) mass is 598 g/mol. The van der Waals surface area contributed by atoms with E-state index in [1.807, 2.05) is 0 Å². The van der Waals surface area contributed by atoms with Gasteiger partial charge in [-0.1, -0.05) is 59.1 Å². The van der Waals surface area contributed by atoms with Gasteiger partial charge in [-0.05, 0) is 36.4 Å². The molecule has 0 atom stereocenters. The van der Waals surface area contributed by atoms with Gasteiger partial charge in [-0.2, -0.15) is 0 Å². The van der Waals surface area contributed by atoms with Gasteiger partial charge in [0.15, 0.2) is 5.75 Å². The number of amides is 2. The number of phenols is 1. The molecular formula is C25H25Cl3N4O5S. The molecule has 9 nitrogen and oxygen atoms in total. The van der Waals surface area contributed by atoms with E-state index in [1.165, 1.54) is 12.1 Å². The van der Waals surface area contributed by atoms with Gasteiger partial charge in [0.2, 0.25) is 10.0 Å². The van der Waals surface area contributed by atoms with Gasteiger partial charge in [0.05, 0.1) is 45.3 Å². The minimum absolute atomic E-state index is 0.0869. The summed E-state index contributed by atoms with van der Waals surface area (Å²) in [4.78, 5) is 16.1. The number of sulfonamides is 1. The molecule has 1 aliphatic heterocycles. The summed E-state index contributed by atoms with van der Waals surface area (Å²) in [6.45, 7) is 3.08. The van der Waals surface area contributed by atoms with Crippen LogP contribution in [0.15, 0.2) is 65.6 Å². The summed E-state index contributed by atoms with van der Waals surface area (Å²) in [6, 6.07) is 14.9. The first-order valence-electron chi connectivity index (χ1n) is 11.6. The molecule has 3 N–H and O–H groups in total. The van der Waals surface area contributed by atoms with Crippen molar-refractivity contribution < 1.29 is 23.1 Å². The highest BCUT2D eigenvalue weighted by Gasteiger charge is 2.30. The van der Waals surface area contributed by atoms with Crippen molar-refractivity contribution >= 4 is 67.9 Å². The third-order valence-corrected chi connectivity index (χ3v) is 8.42. The van der Waals surface area contributed by atoms with Crippen molar-refractivity contribution in [3.8, 4) is 5.75 Å². The Bertz CT molecular complexity index is 1420. The lowest BCUT2D eigenvalue weighted by Gasteiger charge is -2.27. The van der Waals surface area contributed by atoms with E-state index in [1.54, 1.807) is 48.5 Å².